The lowest BCUT2D eigenvalue weighted by Crippen LogP contribution is -2.17. The number of nitriles is 1. The molecule has 21 heavy (non-hydrogen) atoms. The first-order valence-electron chi connectivity index (χ1n) is 6.57. The number of hydrogen-bond donors (Lipinski definition) is 2. The van der Waals surface area contributed by atoms with Crippen LogP contribution in [0.1, 0.15) is 46.0 Å². The smallest absolute Gasteiger partial charge is 0.339 e. The largest absolute Gasteiger partial charge is 0.478 e. The molecule has 5 nitrogen and oxygen atoms in total. The molecule has 1 heterocycles. The van der Waals surface area contributed by atoms with E-state index in [0.29, 0.717) is 23.6 Å². The van der Waals surface area contributed by atoms with E-state index in [2.05, 4.69) is 11.4 Å². The third-order valence-electron chi connectivity index (χ3n) is 3.32. The Bertz CT molecular complexity index is 681. The van der Waals surface area contributed by atoms with Crippen molar-refractivity contribution in [3.63, 3.8) is 0 Å². The summed E-state index contributed by atoms with van der Waals surface area (Å²) in [7, 11) is 0. The van der Waals surface area contributed by atoms with E-state index in [1.54, 1.807) is 19.1 Å². The number of furan rings is 1. The number of carboxylic acids is 1. The zero-order chi connectivity index (χ0) is 15.4. The summed E-state index contributed by atoms with van der Waals surface area (Å²) in [5.41, 5.74) is 1.87. The summed E-state index contributed by atoms with van der Waals surface area (Å²) < 4.78 is 5.41. The molecule has 0 aliphatic rings. The lowest BCUT2D eigenvalue weighted by Gasteiger charge is -2.13. The Balaban J connectivity index is 2.00. The summed E-state index contributed by atoms with van der Waals surface area (Å²) in [4.78, 5) is 10.9. The van der Waals surface area contributed by atoms with E-state index >= 15 is 0 Å². The van der Waals surface area contributed by atoms with Gasteiger partial charge in [-0.15, -0.1) is 0 Å². The number of benzene rings is 1. The van der Waals surface area contributed by atoms with Crippen molar-refractivity contribution in [3.05, 3.63) is 58.5 Å². The number of rotatable bonds is 5. The highest BCUT2D eigenvalue weighted by Gasteiger charge is 2.14. The average Bonchev–Trinajstić information content (AvgIpc) is 2.86. The lowest BCUT2D eigenvalue weighted by molar-refractivity contribution is 0.0695. The van der Waals surface area contributed by atoms with Crippen LogP contribution in [0.5, 0.6) is 0 Å². The van der Waals surface area contributed by atoms with Crippen molar-refractivity contribution in [1.29, 1.82) is 5.26 Å². The Morgan fingerprint density at radius 1 is 1.43 bits per heavy atom. The van der Waals surface area contributed by atoms with E-state index in [9.17, 15) is 4.79 Å². The Labute approximate surface area is 122 Å². The van der Waals surface area contributed by atoms with Gasteiger partial charge in [-0.1, -0.05) is 12.1 Å². The standard InChI is InChI=1S/C16H16N2O3/c1-10(13-5-3-12(8-17)4-6-13)18-9-14-7-15(16(19)20)11(2)21-14/h3-7,10,18H,9H2,1-2H3,(H,19,20). The van der Waals surface area contributed by atoms with Gasteiger partial charge in [0.05, 0.1) is 18.2 Å². The van der Waals surface area contributed by atoms with Crippen molar-refractivity contribution in [1.82, 2.24) is 5.32 Å². The Kier molecular flexibility index (Phi) is 4.41. The minimum atomic E-state index is -0.984. The maximum absolute atomic E-state index is 10.9. The van der Waals surface area contributed by atoms with Crippen LogP contribution in [-0.2, 0) is 6.54 Å². The summed E-state index contributed by atoms with van der Waals surface area (Å²) in [6.07, 6.45) is 0. The quantitative estimate of drug-likeness (QED) is 0.881. The van der Waals surface area contributed by atoms with Crippen molar-refractivity contribution in [2.24, 2.45) is 0 Å². The van der Waals surface area contributed by atoms with Gasteiger partial charge < -0.3 is 14.8 Å². The normalized spacial score (nSPS) is 11.9. The number of aromatic carboxylic acids is 1. The SMILES string of the molecule is Cc1oc(CNC(C)c2ccc(C#N)cc2)cc1C(=O)O. The van der Waals surface area contributed by atoms with Crippen LogP contribution in [0.2, 0.25) is 0 Å². The Hall–Kier alpha value is -2.58. The van der Waals surface area contributed by atoms with E-state index < -0.39 is 5.97 Å². The van der Waals surface area contributed by atoms with E-state index in [1.807, 2.05) is 19.1 Å². The molecule has 0 aliphatic heterocycles. The Morgan fingerprint density at radius 2 is 2.10 bits per heavy atom. The van der Waals surface area contributed by atoms with Gasteiger partial charge in [-0.05, 0) is 37.6 Å². The predicted molar refractivity (Wildman–Crippen MR) is 76.8 cm³/mol. The van der Waals surface area contributed by atoms with E-state index in [4.69, 9.17) is 14.8 Å². The number of nitrogens with one attached hydrogen (secondary N) is 1. The minimum Gasteiger partial charge on any atom is -0.478 e. The monoisotopic (exact) mass is 284 g/mol. The molecule has 2 aromatic rings. The summed E-state index contributed by atoms with van der Waals surface area (Å²) in [6, 6.07) is 11.0. The molecule has 0 spiro atoms. The maximum atomic E-state index is 10.9. The first-order chi connectivity index (χ1) is 10.0. The van der Waals surface area contributed by atoms with Crippen LogP contribution >= 0.6 is 0 Å². The topological polar surface area (TPSA) is 86.3 Å². The van der Waals surface area contributed by atoms with Gasteiger partial charge in [-0.25, -0.2) is 4.79 Å². The van der Waals surface area contributed by atoms with Gasteiger partial charge in [0.25, 0.3) is 0 Å². The average molecular weight is 284 g/mol. The maximum Gasteiger partial charge on any atom is 0.339 e. The first kappa shape index (κ1) is 14.8. The molecule has 1 unspecified atom stereocenters. The second-order valence-corrected chi connectivity index (χ2v) is 4.82. The van der Waals surface area contributed by atoms with Gasteiger partial charge in [-0.2, -0.15) is 5.26 Å². The second-order valence-electron chi connectivity index (χ2n) is 4.82. The number of aryl methyl sites for hydroxylation is 1. The molecule has 2 rings (SSSR count). The molecule has 5 heteroatoms. The van der Waals surface area contributed by atoms with Gasteiger partial charge in [-0.3, -0.25) is 0 Å². The third kappa shape index (κ3) is 3.50. The fourth-order valence-electron chi connectivity index (χ4n) is 2.06. The molecule has 1 aromatic carbocycles. The van der Waals surface area contributed by atoms with Crippen molar-refractivity contribution in [3.8, 4) is 6.07 Å². The molecule has 0 saturated carbocycles. The van der Waals surface area contributed by atoms with Crippen LogP contribution in [0, 0.1) is 18.3 Å². The van der Waals surface area contributed by atoms with Gasteiger partial charge in [0.15, 0.2) is 0 Å². The Morgan fingerprint density at radius 3 is 2.62 bits per heavy atom. The number of carboxylic acid groups (broad SMARTS) is 1. The predicted octanol–water partition coefficient (Wildman–Crippen LogP) is 3.01. The highest BCUT2D eigenvalue weighted by molar-refractivity contribution is 5.88. The van der Waals surface area contributed by atoms with Crippen LogP contribution < -0.4 is 5.32 Å². The van der Waals surface area contributed by atoms with E-state index in [1.165, 1.54) is 6.07 Å². The minimum absolute atomic E-state index is 0.0661. The molecular weight excluding hydrogens is 268 g/mol. The molecule has 0 fully saturated rings. The summed E-state index contributed by atoms with van der Waals surface area (Å²) in [5, 5.41) is 21.0. The molecular formula is C16H16N2O3. The van der Waals surface area contributed by atoms with Crippen LogP contribution in [-0.4, -0.2) is 11.1 Å². The first-order valence-corrected chi connectivity index (χ1v) is 6.57. The molecule has 108 valence electrons. The van der Waals surface area contributed by atoms with Crippen LogP contribution in [0.3, 0.4) is 0 Å². The fraction of sp³-hybridized carbons (Fsp3) is 0.250. The summed E-state index contributed by atoms with van der Waals surface area (Å²) >= 11 is 0. The van der Waals surface area contributed by atoms with Crippen molar-refractivity contribution in [2.75, 3.05) is 0 Å². The zero-order valence-corrected chi connectivity index (χ0v) is 11.9. The summed E-state index contributed by atoms with van der Waals surface area (Å²) in [5.74, 6) is 0.0124. The molecule has 0 aliphatic carbocycles. The van der Waals surface area contributed by atoms with Gasteiger partial charge in [0.1, 0.15) is 17.1 Å². The van der Waals surface area contributed by atoms with Gasteiger partial charge in [0, 0.05) is 6.04 Å². The van der Waals surface area contributed by atoms with E-state index in [0.717, 1.165) is 5.56 Å². The molecule has 1 atom stereocenters. The number of hydrogen-bond acceptors (Lipinski definition) is 4. The third-order valence-corrected chi connectivity index (χ3v) is 3.32. The second kappa shape index (κ2) is 6.25. The zero-order valence-electron chi connectivity index (χ0n) is 11.9. The van der Waals surface area contributed by atoms with Crippen LogP contribution in [0.4, 0.5) is 0 Å². The van der Waals surface area contributed by atoms with Crippen molar-refractivity contribution < 1.29 is 14.3 Å². The van der Waals surface area contributed by atoms with Gasteiger partial charge in [0.2, 0.25) is 0 Å². The lowest BCUT2D eigenvalue weighted by atomic mass is 10.1. The number of nitrogens with zero attached hydrogens (tertiary/aromatic N) is 1. The molecule has 1 aromatic heterocycles. The highest BCUT2D eigenvalue weighted by Crippen LogP contribution is 2.17. The van der Waals surface area contributed by atoms with Crippen molar-refractivity contribution in [2.45, 2.75) is 26.4 Å². The summed E-state index contributed by atoms with van der Waals surface area (Å²) in [6.45, 7) is 4.07. The van der Waals surface area contributed by atoms with Crippen LogP contribution in [0.25, 0.3) is 0 Å². The van der Waals surface area contributed by atoms with E-state index in [-0.39, 0.29) is 11.6 Å². The van der Waals surface area contributed by atoms with Gasteiger partial charge >= 0.3 is 5.97 Å². The molecule has 0 saturated heterocycles. The molecule has 0 amide bonds. The molecule has 0 radical (unpaired) electrons. The molecule has 2 N–H and O–H groups in total. The fourth-order valence-corrected chi connectivity index (χ4v) is 2.06. The highest BCUT2D eigenvalue weighted by atomic mass is 16.4. The van der Waals surface area contributed by atoms with Crippen LogP contribution in [0.15, 0.2) is 34.7 Å². The molecule has 0 bridgehead atoms. The van der Waals surface area contributed by atoms with Crippen molar-refractivity contribution >= 4 is 5.97 Å². The number of carbonyl (C=O) groups is 1.